The number of unbranched alkanes of at least 4 members (excludes halogenated alkanes) is 1. The third-order valence-corrected chi connectivity index (χ3v) is 3.17. The number of hydrogen-bond donors (Lipinski definition) is 0. The zero-order valence-electron chi connectivity index (χ0n) is 9.66. The summed E-state index contributed by atoms with van der Waals surface area (Å²) in [5, 5.41) is 0. The third kappa shape index (κ3) is 2.32. The lowest BCUT2D eigenvalue weighted by molar-refractivity contribution is -0.0447. The highest BCUT2D eigenvalue weighted by Crippen LogP contribution is 2.31. The van der Waals surface area contributed by atoms with Gasteiger partial charge in [-0.15, -0.1) is 0 Å². The van der Waals surface area contributed by atoms with Crippen LogP contribution in [0.2, 0.25) is 0 Å². The molecule has 0 spiro atoms. The van der Waals surface area contributed by atoms with Crippen molar-refractivity contribution >= 4 is 0 Å². The summed E-state index contributed by atoms with van der Waals surface area (Å²) < 4.78 is 11.3. The Hall–Kier alpha value is -0.600. The normalized spacial score (nSPS) is 30.5. The first kappa shape index (κ1) is 10.9. The van der Waals surface area contributed by atoms with Crippen molar-refractivity contribution in [2.45, 2.75) is 45.3 Å². The summed E-state index contributed by atoms with van der Waals surface area (Å²) in [5.74, 6) is 0. The molecule has 84 valence electrons. The predicted octanol–water partition coefficient (Wildman–Crippen LogP) is 2.85. The van der Waals surface area contributed by atoms with Crippen molar-refractivity contribution in [3.8, 4) is 0 Å². The van der Waals surface area contributed by atoms with Gasteiger partial charge in [0.25, 0.3) is 0 Å². The highest BCUT2D eigenvalue weighted by Gasteiger charge is 2.30. The van der Waals surface area contributed by atoms with Gasteiger partial charge in [0.2, 0.25) is 0 Å². The summed E-state index contributed by atoms with van der Waals surface area (Å²) >= 11 is 0. The molecule has 0 unspecified atom stereocenters. The Bertz CT molecular complexity index is 278. The van der Waals surface area contributed by atoms with Gasteiger partial charge in [0.15, 0.2) is 0 Å². The van der Waals surface area contributed by atoms with Crippen molar-refractivity contribution in [2.24, 2.45) is 0 Å². The molecule has 2 nitrogen and oxygen atoms in total. The van der Waals surface area contributed by atoms with Gasteiger partial charge in [-0.1, -0.05) is 25.5 Å². The van der Waals surface area contributed by atoms with Crippen molar-refractivity contribution in [3.05, 3.63) is 23.3 Å². The molecule has 0 fully saturated rings. The molecule has 0 aromatic rings. The molecule has 0 aromatic heterocycles. The van der Waals surface area contributed by atoms with E-state index in [2.05, 4.69) is 26.0 Å². The van der Waals surface area contributed by atoms with Crippen LogP contribution in [-0.4, -0.2) is 25.4 Å². The average molecular weight is 208 g/mol. The van der Waals surface area contributed by atoms with Gasteiger partial charge in [-0.25, -0.2) is 0 Å². The van der Waals surface area contributed by atoms with Crippen molar-refractivity contribution in [1.29, 1.82) is 0 Å². The summed E-state index contributed by atoms with van der Waals surface area (Å²) in [6.45, 7) is 5.81. The first-order chi connectivity index (χ1) is 7.33. The summed E-state index contributed by atoms with van der Waals surface area (Å²) in [6, 6.07) is 0. The van der Waals surface area contributed by atoms with Gasteiger partial charge in [0.1, 0.15) is 6.10 Å². The molecule has 2 aliphatic heterocycles. The third-order valence-electron chi connectivity index (χ3n) is 3.17. The molecule has 0 N–H and O–H groups in total. The molecule has 0 radical (unpaired) electrons. The maximum absolute atomic E-state index is 5.73. The van der Waals surface area contributed by atoms with E-state index >= 15 is 0 Å². The molecule has 0 aromatic carbocycles. The summed E-state index contributed by atoms with van der Waals surface area (Å²) in [4.78, 5) is 0. The van der Waals surface area contributed by atoms with E-state index in [-0.39, 0.29) is 12.2 Å². The zero-order chi connectivity index (χ0) is 10.7. The molecule has 2 atom stereocenters. The van der Waals surface area contributed by atoms with E-state index in [9.17, 15) is 0 Å². The molecule has 2 rings (SSSR count). The minimum Gasteiger partial charge on any atom is -0.371 e. The maximum Gasteiger partial charge on any atom is 0.109 e. The van der Waals surface area contributed by atoms with E-state index in [4.69, 9.17) is 9.47 Å². The van der Waals surface area contributed by atoms with Gasteiger partial charge in [-0.05, 0) is 30.9 Å². The molecule has 0 aliphatic carbocycles. The van der Waals surface area contributed by atoms with E-state index in [1.54, 1.807) is 0 Å². The van der Waals surface area contributed by atoms with Crippen molar-refractivity contribution in [3.63, 3.8) is 0 Å². The van der Waals surface area contributed by atoms with E-state index in [1.807, 2.05) is 0 Å². The quantitative estimate of drug-likeness (QED) is 0.710. The fourth-order valence-electron chi connectivity index (χ4n) is 2.27. The number of ether oxygens (including phenoxy) is 2. The lowest BCUT2D eigenvalue weighted by atomic mass is 9.90. The van der Waals surface area contributed by atoms with E-state index in [0.717, 1.165) is 13.2 Å². The highest BCUT2D eigenvalue weighted by molar-refractivity contribution is 5.38. The second-order valence-corrected chi connectivity index (χ2v) is 4.28. The van der Waals surface area contributed by atoms with Gasteiger partial charge in [-0.2, -0.15) is 0 Å². The van der Waals surface area contributed by atoms with Gasteiger partial charge >= 0.3 is 0 Å². The second-order valence-electron chi connectivity index (χ2n) is 4.28. The van der Waals surface area contributed by atoms with Crippen LogP contribution in [0.5, 0.6) is 0 Å². The van der Waals surface area contributed by atoms with E-state index in [0.29, 0.717) is 0 Å². The number of fused-ring (bicyclic) bond motifs is 1. The maximum atomic E-state index is 5.73. The van der Waals surface area contributed by atoms with Crippen LogP contribution < -0.4 is 0 Å². The molecule has 2 aliphatic rings. The molecule has 0 saturated carbocycles. The summed E-state index contributed by atoms with van der Waals surface area (Å²) in [5.41, 5.74) is 2.87. The highest BCUT2D eigenvalue weighted by atomic mass is 16.5. The summed E-state index contributed by atoms with van der Waals surface area (Å²) in [6.07, 6.45) is 8.51. The monoisotopic (exact) mass is 208 g/mol. The van der Waals surface area contributed by atoms with Crippen LogP contribution in [0.15, 0.2) is 23.3 Å². The first-order valence-corrected chi connectivity index (χ1v) is 5.95. The molecule has 15 heavy (non-hydrogen) atoms. The van der Waals surface area contributed by atoms with Crippen molar-refractivity contribution in [1.82, 2.24) is 0 Å². The first-order valence-electron chi connectivity index (χ1n) is 5.95. The van der Waals surface area contributed by atoms with Crippen molar-refractivity contribution in [2.75, 3.05) is 13.2 Å². The molecule has 2 heteroatoms. The predicted molar refractivity (Wildman–Crippen MR) is 60.8 cm³/mol. The Labute approximate surface area is 92.0 Å². The van der Waals surface area contributed by atoms with Gasteiger partial charge in [0, 0.05) is 0 Å². The van der Waals surface area contributed by atoms with Crippen LogP contribution >= 0.6 is 0 Å². The minimum absolute atomic E-state index is 0.176. The van der Waals surface area contributed by atoms with Gasteiger partial charge in [0.05, 0.1) is 19.3 Å². The van der Waals surface area contributed by atoms with Gasteiger partial charge < -0.3 is 9.47 Å². The van der Waals surface area contributed by atoms with Crippen molar-refractivity contribution < 1.29 is 9.47 Å². The topological polar surface area (TPSA) is 18.5 Å². The fraction of sp³-hybridized carbons (Fsp3) is 0.692. The number of rotatable bonds is 3. The standard InChI is InChI=1S/C13H20O2/c1-3-4-5-11-6-8-15-13-10(2)14-9-7-12(11)13/h6-7,10,13H,3-5,8-9H2,1-2H3/t10-,13-/m0/s1. The molecular formula is C13H20O2. The Morgan fingerprint density at radius 1 is 1.27 bits per heavy atom. The molecule has 0 amide bonds. The Balaban J connectivity index is 2.11. The van der Waals surface area contributed by atoms with Crippen LogP contribution in [0.3, 0.4) is 0 Å². The smallest absolute Gasteiger partial charge is 0.109 e. The zero-order valence-corrected chi connectivity index (χ0v) is 9.66. The van der Waals surface area contributed by atoms with Gasteiger partial charge in [-0.3, -0.25) is 0 Å². The Kier molecular flexibility index (Phi) is 3.60. The van der Waals surface area contributed by atoms with Crippen LogP contribution in [0.25, 0.3) is 0 Å². The molecule has 0 saturated heterocycles. The Morgan fingerprint density at radius 2 is 2.07 bits per heavy atom. The molecule has 0 bridgehead atoms. The lowest BCUT2D eigenvalue weighted by Crippen LogP contribution is -2.37. The van der Waals surface area contributed by atoms with Crippen LogP contribution in [0.4, 0.5) is 0 Å². The number of hydrogen-bond acceptors (Lipinski definition) is 2. The molecular weight excluding hydrogens is 188 g/mol. The average Bonchev–Trinajstić information content (AvgIpc) is 2.27. The molecule has 2 heterocycles. The minimum atomic E-state index is 0.176. The summed E-state index contributed by atoms with van der Waals surface area (Å²) in [7, 11) is 0. The Morgan fingerprint density at radius 3 is 2.87 bits per heavy atom. The van der Waals surface area contributed by atoms with Crippen LogP contribution in [-0.2, 0) is 9.47 Å². The van der Waals surface area contributed by atoms with E-state index < -0.39 is 0 Å². The second kappa shape index (κ2) is 4.95. The lowest BCUT2D eigenvalue weighted by Gasteiger charge is -2.34. The van der Waals surface area contributed by atoms with Crippen LogP contribution in [0.1, 0.15) is 33.1 Å². The van der Waals surface area contributed by atoms with Crippen LogP contribution in [0, 0.1) is 0 Å². The fourth-order valence-corrected chi connectivity index (χ4v) is 2.27. The largest absolute Gasteiger partial charge is 0.371 e. The SMILES string of the molecule is CCCCC1=CCO[C@@H]2C1=CCO[C@H]2C. The van der Waals surface area contributed by atoms with E-state index in [1.165, 1.54) is 30.4 Å².